The first-order valence-corrected chi connectivity index (χ1v) is 11.6. The van der Waals surface area contributed by atoms with E-state index in [9.17, 15) is 9.18 Å². The summed E-state index contributed by atoms with van der Waals surface area (Å²) in [5, 5.41) is 11.8. The van der Waals surface area contributed by atoms with E-state index in [4.69, 9.17) is 14.2 Å². The van der Waals surface area contributed by atoms with E-state index in [-0.39, 0.29) is 24.6 Å². The minimum Gasteiger partial charge on any atom is -0.454 e. The molecule has 0 bridgehead atoms. The van der Waals surface area contributed by atoms with Crippen LogP contribution < -0.4 is 14.8 Å². The molecule has 2 aliphatic heterocycles. The van der Waals surface area contributed by atoms with Gasteiger partial charge in [0.2, 0.25) is 12.7 Å². The standard InChI is InChI=1S/C23H23FN4O4S/c1-14(22(29)25-17-8-9-19-20(11-17)32-13-31-19)33-23-27-26-21(15-4-6-16(24)7-5-15)28(23)12-18-3-2-10-30-18/h4-9,11,14,18H,2-3,10,12-13H2,1H3,(H,25,29)/t14-,18+/m0/s1. The molecular weight excluding hydrogens is 447 g/mol. The van der Waals surface area contributed by atoms with Crippen molar-refractivity contribution in [3.63, 3.8) is 0 Å². The summed E-state index contributed by atoms with van der Waals surface area (Å²) in [7, 11) is 0. The summed E-state index contributed by atoms with van der Waals surface area (Å²) in [6, 6.07) is 11.4. The zero-order chi connectivity index (χ0) is 22.8. The lowest BCUT2D eigenvalue weighted by molar-refractivity contribution is -0.115. The van der Waals surface area contributed by atoms with E-state index in [2.05, 4.69) is 15.5 Å². The highest BCUT2D eigenvalue weighted by molar-refractivity contribution is 8.00. The molecule has 1 N–H and O–H groups in total. The van der Waals surface area contributed by atoms with Crippen molar-refractivity contribution in [2.24, 2.45) is 0 Å². The normalized spacial score (nSPS) is 17.8. The average molecular weight is 471 g/mol. The molecule has 1 fully saturated rings. The molecule has 0 radical (unpaired) electrons. The quantitative estimate of drug-likeness (QED) is 0.520. The minimum absolute atomic E-state index is 0.0531. The number of carbonyl (C=O) groups excluding carboxylic acids is 1. The molecule has 33 heavy (non-hydrogen) atoms. The van der Waals surface area contributed by atoms with Gasteiger partial charge in [-0.25, -0.2) is 4.39 Å². The Labute approximate surface area is 194 Å². The number of ether oxygens (including phenoxy) is 3. The number of hydrogen-bond acceptors (Lipinski definition) is 7. The Balaban J connectivity index is 1.34. The third-order valence-electron chi connectivity index (χ3n) is 5.52. The lowest BCUT2D eigenvalue weighted by Crippen LogP contribution is -2.23. The van der Waals surface area contributed by atoms with Gasteiger partial charge in [0.25, 0.3) is 0 Å². The van der Waals surface area contributed by atoms with Crippen molar-refractivity contribution in [2.45, 2.75) is 42.8 Å². The van der Waals surface area contributed by atoms with E-state index in [1.807, 2.05) is 11.5 Å². The van der Waals surface area contributed by atoms with E-state index < -0.39 is 5.25 Å². The van der Waals surface area contributed by atoms with Gasteiger partial charge in [-0.3, -0.25) is 9.36 Å². The SMILES string of the molecule is C[C@H](Sc1nnc(-c2ccc(F)cc2)n1C[C@H]1CCCO1)C(=O)Nc1ccc2c(c1)OCO2. The summed E-state index contributed by atoms with van der Waals surface area (Å²) in [4.78, 5) is 12.9. The summed E-state index contributed by atoms with van der Waals surface area (Å²) < 4.78 is 31.9. The van der Waals surface area contributed by atoms with Crippen molar-refractivity contribution in [2.75, 3.05) is 18.7 Å². The number of benzene rings is 2. The van der Waals surface area contributed by atoms with E-state index in [1.165, 1.54) is 23.9 Å². The van der Waals surface area contributed by atoms with Crippen molar-refractivity contribution in [1.29, 1.82) is 0 Å². The first-order chi connectivity index (χ1) is 16.1. The van der Waals surface area contributed by atoms with Crippen LogP contribution in [-0.2, 0) is 16.1 Å². The number of hydrogen-bond donors (Lipinski definition) is 1. The molecule has 0 saturated carbocycles. The smallest absolute Gasteiger partial charge is 0.237 e. The summed E-state index contributed by atoms with van der Waals surface area (Å²) in [5.41, 5.74) is 1.38. The molecule has 172 valence electrons. The average Bonchev–Trinajstić information content (AvgIpc) is 3.57. The number of amides is 1. The monoisotopic (exact) mass is 470 g/mol. The van der Waals surface area contributed by atoms with Crippen molar-refractivity contribution in [1.82, 2.24) is 14.8 Å². The predicted octanol–water partition coefficient (Wildman–Crippen LogP) is 4.11. The lowest BCUT2D eigenvalue weighted by atomic mass is 10.2. The number of rotatable bonds is 7. The van der Waals surface area contributed by atoms with Crippen molar-refractivity contribution in [3.8, 4) is 22.9 Å². The second-order valence-electron chi connectivity index (χ2n) is 7.88. The van der Waals surface area contributed by atoms with Gasteiger partial charge in [-0.1, -0.05) is 11.8 Å². The van der Waals surface area contributed by atoms with Crippen LogP contribution in [0.2, 0.25) is 0 Å². The zero-order valence-corrected chi connectivity index (χ0v) is 18.8. The lowest BCUT2D eigenvalue weighted by Gasteiger charge is -2.16. The highest BCUT2D eigenvalue weighted by atomic mass is 32.2. The summed E-state index contributed by atoms with van der Waals surface area (Å²) in [6.07, 6.45) is 2.01. The topological polar surface area (TPSA) is 87.5 Å². The molecule has 1 saturated heterocycles. The maximum atomic E-state index is 13.4. The van der Waals surface area contributed by atoms with Gasteiger partial charge >= 0.3 is 0 Å². The molecule has 2 aliphatic rings. The van der Waals surface area contributed by atoms with Crippen LogP contribution in [0.15, 0.2) is 47.6 Å². The Hall–Kier alpha value is -3.11. The third kappa shape index (κ3) is 4.81. The molecule has 2 aromatic carbocycles. The highest BCUT2D eigenvalue weighted by Crippen LogP contribution is 2.35. The van der Waals surface area contributed by atoms with Gasteiger partial charge in [0.1, 0.15) is 5.82 Å². The molecular formula is C23H23FN4O4S. The van der Waals surface area contributed by atoms with Crippen LogP contribution in [0.5, 0.6) is 11.5 Å². The van der Waals surface area contributed by atoms with E-state index in [1.54, 1.807) is 30.3 Å². The fraction of sp³-hybridized carbons (Fsp3) is 0.348. The number of carbonyl (C=O) groups is 1. The number of nitrogens with one attached hydrogen (secondary N) is 1. The van der Waals surface area contributed by atoms with Gasteiger partial charge in [0.05, 0.1) is 17.9 Å². The molecule has 0 unspecified atom stereocenters. The van der Waals surface area contributed by atoms with Crippen LogP contribution in [0, 0.1) is 5.82 Å². The first-order valence-electron chi connectivity index (χ1n) is 10.7. The number of halogens is 1. The van der Waals surface area contributed by atoms with Crippen LogP contribution >= 0.6 is 11.8 Å². The molecule has 0 aliphatic carbocycles. The number of fused-ring (bicyclic) bond motifs is 1. The van der Waals surface area contributed by atoms with Crippen LogP contribution in [0.3, 0.4) is 0 Å². The maximum absolute atomic E-state index is 13.4. The zero-order valence-electron chi connectivity index (χ0n) is 18.0. The Morgan fingerprint density at radius 1 is 1.21 bits per heavy atom. The summed E-state index contributed by atoms with van der Waals surface area (Å²) >= 11 is 1.32. The molecule has 1 amide bonds. The largest absolute Gasteiger partial charge is 0.454 e. The Bertz CT molecular complexity index is 1150. The summed E-state index contributed by atoms with van der Waals surface area (Å²) in [5.74, 6) is 1.40. The number of anilines is 1. The number of nitrogens with zero attached hydrogens (tertiary/aromatic N) is 3. The molecule has 2 atom stereocenters. The molecule has 10 heteroatoms. The van der Waals surface area contributed by atoms with Crippen LogP contribution in [-0.4, -0.2) is 45.4 Å². The molecule has 5 rings (SSSR count). The fourth-order valence-electron chi connectivity index (χ4n) is 3.77. The number of thioether (sulfide) groups is 1. The van der Waals surface area contributed by atoms with E-state index in [0.29, 0.717) is 34.7 Å². The second-order valence-corrected chi connectivity index (χ2v) is 9.18. The Morgan fingerprint density at radius 3 is 2.82 bits per heavy atom. The second kappa shape index (κ2) is 9.40. The van der Waals surface area contributed by atoms with Gasteiger partial charge in [0.15, 0.2) is 22.5 Å². The maximum Gasteiger partial charge on any atom is 0.237 e. The van der Waals surface area contributed by atoms with Gasteiger partial charge in [-0.15, -0.1) is 10.2 Å². The van der Waals surface area contributed by atoms with Crippen LogP contribution in [0.1, 0.15) is 19.8 Å². The van der Waals surface area contributed by atoms with Crippen molar-refractivity contribution < 1.29 is 23.4 Å². The fourth-order valence-corrected chi connectivity index (χ4v) is 4.63. The van der Waals surface area contributed by atoms with Crippen molar-refractivity contribution in [3.05, 3.63) is 48.3 Å². The van der Waals surface area contributed by atoms with Gasteiger partial charge < -0.3 is 19.5 Å². The Kier molecular flexibility index (Phi) is 6.19. The van der Waals surface area contributed by atoms with Gasteiger partial charge in [-0.2, -0.15) is 0 Å². The first kappa shape index (κ1) is 21.7. The molecule has 3 aromatic rings. The van der Waals surface area contributed by atoms with E-state index in [0.717, 1.165) is 25.0 Å². The third-order valence-corrected chi connectivity index (χ3v) is 6.60. The Morgan fingerprint density at radius 2 is 2.03 bits per heavy atom. The number of aromatic nitrogens is 3. The molecule has 0 spiro atoms. The molecule has 1 aromatic heterocycles. The van der Waals surface area contributed by atoms with Gasteiger partial charge in [-0.05, 0) is 56.2 Å². The highest BCUT2D eigenvalue weighted by Gasteiger charge is 2.25. The van der Waals surface area contributed by atoms with E-state index >= 15 is 0 Å². The summed E-state index contributed by atoms with van der Waals surface area (Å²) in [6.45, 7) is 3.29. The predicted molar refractivity (Wildman–Crippen MR) is 121 cm³/mol. The van der Waals surface area contributed by atoms with Gasteiger partial charge in [0, 0.05) is 23.9 Å². The molecule has 3 heterocycles. The van der Waals surface area contributed by atoms with Crippen LogP contribution in [0.25, 0.3) is 11.4 Å². The van der Waals surface area contributed by atoms with Crippen molar-refractivity contribution >= 4 is 23.4 Å². The molecule has 8 nitrogen and oxygen atoms in total. The van der Waals surface area contributed by atoms with Crippen LogP contribution in [0.4, 0.5) is 10.1 Å². The minimum atomic E-state index is -0.441.